The van der Waals surface area contributed by atoms with Crippen molar-refractivity contribution in [2.24, 2.45) is 0 Å². The van der Waals surface area contributed by atoms with Crippen molar-refractivity contribution < 1.29 is 9.47 Å². The van der Waals surface area contributed by atoms with Crippen LogP contribution in [0.25, 0.3) is 0 Å². The molecule has 0 aromatic carbocycles. The fourth-order valence-corrected chi connectivity index (χ4v) is 3.09. The van der Waals surface area contributed by atoms with E-state index in [4.69, 9.17) is 19.4 Å². The van der Waals surface area contributed by atoms with Crippen LogP contribution in [0.1, 0.15) is 0 Å². The second kappa shape index (κ2) is 7.80. The van der Waals surface area contributed by atoms with Crippen LogP contribution in [0.4, 0.5) is 11.6 Å². The minimum atomic E-state index is 0.756. The van der Waals surface area contributed by atoms with Crippen molar-refractivity contribution in [2.45, 2.75) is 5.16 Å². The van der Waals surface area contributed by atoms with E-state index in [2.05, 4.69) is 22.4 Å². The molecule has 0 unspecified atom stereocenters. The molecule has 0 N–H and O–H groups in total. The molecule has 6 nitrogen and oxygen atoms in total. The predicted octanol–water partition coefficient (Wildman–Crippen LogP) is 1.43. The maximum absolute atomic E-state index is 5.43. The van der Waals surface area contributed by atoms with E-state index in [1.54, 1.807) is 11.8 Å². The summed E-state index contributed by atoms with van der Waals surface area (Å²) in [6, 6.07) is 2.09. The molecule has 3 heterocycles. The lowest BCUT2D eigenvalue weighted by Gasteiger charge is -2.31. The van der Waals surface area contributed by atoms with E-state index in [-0.39, 0.29) is 0 Å². The number of nitrogens with zero attached hydrogens (tertiary/aromatic N) is 4. The summed E-state index contributed by atoms with van der Waals surface area (Å²) in [5.74, 6) is 2.80. The van der Waals surface area contributed by atoms with Gasteiger partial charge in [0, 0.05) is 38.0 Å². The summed E-state index contributed by atoms with van der Waals surface area (Å²) >= 11 is 1.62. The highest BCUT2D eigenvalue weighted by molar-refractivity contribution is 7.99. The van der Waals surface area contributed by atoms with Crippen LogP contribution in [0.15, 0.2) is 23.9 Å². The molecular weight excluding hydrogens is 300 g/mol. The van der Waals surface area contributed by atoms with Gasteiger partial charge in [-0.05, 0) is 0 Å². The average molecular weight is 322 g/mol. The Morgan fingerprint density at radius 1 is 1.00 bits per heavy atom. The second-order valence-corrected chi connectivity index (χ2v) is 6.15. The monoisotopic (exact) mass is 322 g/mol. The minimum absolute atomic E-state index is 0.756. The van der Waals surface area contributed by atoms with E-state index in [1.165, 1.54) is 0 Å². The van der Waals surface area contributed by atoms with Crippen LogP contribution in [0, 0.1) is 0 Å². The lowest BCUT2D eigenvalue weighted by molar-refractivity contribution is 0.121. The van der Waals surface area contributed by atoms with Gasteiger partial charge in [-0.15, -0.1) is 6.58 Å². The molecule has 1 aromatic heterocycles. The second-order valence-electron chi connectivity index (χ2n) is 5.17. The first kappa shape index (κ1) is 15.6. The summed E-state index contributed by atoms with van der Waals surface area (Å²) in [7, 11) is 0. The number of anilines is 2. The normalized spacial score (nSPS) is 19.3. The highest BCUT2D eigenvalue weighted by Gasteiger charge is 2.19. The zero-order valence-corrected chi connectivity index (χ0v) is 13.6. The summed E-state index contributed by atoms with van der Waals surface area (Å²) in [6.45, 7) is 10.3. The van der Waals surface area contributed by atoms with Crippen molar-refractivity contribution in [3.05, 3.63) is 18.7 Å². The number of ether oxygens (including phenoxy) is 2. The maximum atomic E-state index is 5.43. The summed E-state index contributed by atoms with van der Waals surface area (Å²) in [5, 5.41) is 0.811. The van der Waals surface area contributed by atoms with E-state index in [9.17, 15) is 0 Å². The van der Waals surface area contributed by atoms with Gasteiger partial charge in [-0.2, -0.15) is 0 Å². The van der Waals surface area contributed by atoms with E-state index in [0.29, 0.717) is 0 Å². The standard InChI is InChI=1S/C15H22N4O2S/c1-2-11-22-15-16-13(18-3-7-20-8-4-18)12-14(17-15)19-5-9-21-10-6-19/h2,12H,1,3-11H2. The number of thioether (sulfide) groups is 1. The van der Waals surface area contributed by atoms with Gasteiger partial charge in [-0.1, -0.05) is 17.8 Å². The molecule has 3 rings (SSSR count). The van der Waals surface area contributed by atoms with Crippen LogP contribution in [0.2, 0.25) is 0 Å². The molecule has 0 atom stereocenters. The topological polar surface area (TPSA) is 50.7 Å². The number of morpholine rings is 2. The molecule has 1 aromatic rings. The molecule has 0 aliphatic carbocycles. The molecule has 0 radical (unpaired) electrons. The maximum Gasteiger partial charge on any atom is 0.191 e. The van der Waals surface area contributed by atoms with Gasteiger partial charge in [0.25, 0.3) is 0 Å². The van der Waals surface area contributed by atoms with Crippen LogP contribution >= 0.6 is 11.8 Å². The Bertz CT molecular complexity index is 466. The van der Waals surface area contributed by atoms with Crippen molar-refractivity contribution in [1.82, 2.24) is 9.97 Å². The molecule has 7 heteroatoms. The first-order valence-corrected chi connectivity index (χ1v) is 8.63. The van der Waals surface area contributed by atoms with Crippen LogP contribution in [-0.4, -0.2) is 68.3 Å². The third-order valence-electron chi connectivity index (χ3n) is 3.68. The van der Waals surface area contributed by atoms with E-state index in [1.807, 2.05) is 6.08 Å². The molecule has 120 valence electrons. The number of hydrogen-bond donors (Lipinski definition) is 0. The lowest BCUT2D eigenvalue weighted by Crippen LogP contribution is -2.38. The van der Waals surface area contributed by atoms with Crippen molar-refractivity contribution in [2.75, 3.05) is 68.2 Å². The average Bonchev–Trinajstić information content (AvgIpc) is 2.61. The molecule has 2 fully saturated rings. The third kappa shape index (κ3) is 3.91. The Balaban J connectivity index is 1.84. The molecule has 0 saturated carbocycles. The molecular formula is C15H22N4O2S. The summed E-state index contributed by atoms with van der Waals surface area (Å²) < 4.78 is 10.9. The van der Waals surface area contributed by atoms with Crippen molar-refractivity contribution in [1.29, 1.82) is 0 Å². The summed E-state index contributed by atoms with van der Waals surface area (Å²) in [4.78, 5) is 14.0. The zero-order chi connectivity index (χ0) is 15.2. The van der Waals surface area contributed by atoms with Gasteiger partial charge in [-0.3, -0.25) is 0 Å². The predicted molar refractivity (Wildman–Crippen MR) is 89.0 cm³/mol. The number of rotatable bonds is 5. The van der Waals surface area contributed by atoms with E-state index in [0.717, 1.165) is 75.2 Å². The Labute approximate surface area is 135 Å². The van der Waals surface area contributed by atoms with Crippen LogP contribution < -0.4 is 9.80 Å². The van der Waals surface area contributed by atoms with Gasteiger partial charge >= 0.3 is 0 Å². The first-order valence-electron chi connectivity index (χ1n) is 7.65. The van der Waals surface area contributed by atoms with Gasteiger partial charge < -0.3 is 19.3 Å². The van der Waals surface area contributed by atoms with Crippen molar-refractivity contribution >= 4 is 23.4 Å². The fourth-order valence-electron chi connectivity index (χ4n) is 2.51. The first-order chi connectivity index (χ1) is 10.9. The number of hydrogen-bond acceptors (Lipinski definition) is 7. The Kier molecular flexibility index (Phi) is 5.53. The quantitative estimate of drug-likeness (QED) is 0.462. The van der Waals surface area contributed by atoms with E-state index >= 15 is 0 Å². The molecule has 0 spiro atoms. The van der Waals surface area contributed by atoms with Gasteiger partial charge in [0.2, 0.25) is 0 Å². The highest BCUT2D eigenvalue weighted by Crippen LogP contribution is 2.25. The molecule has 22 heavy (non-hydrogen) atoms. The van der Waals surface area contributed by atoms with Crippen LogP contribution in [0.3, 0.4) is 0 Å². The SMILES string of the molecule is C=CCSc1nc(N2CCOCC2)cc(N2CCOCC2)n1. The largest absolute Gasteiger partial charge is 0.378 e. The van der Waals surface area contributed by atoms with E-state index < -0.39 is 0 Å². The summed E-state index contributed by atoms with van der Waals surface area (Å²) in [6.07, 6.45) is 1.88. The summed E-state index contributed by atoms with van der Waals surface area (Å²) in [5.41, 5.74) is 0. The van der Waals surface area contributed by atoms with Gasteiger partial charge in [0.1, 0.15) is 11.6 Å². The fraction of sp³-hybridized carbons (Fsp3) is 0.600. The Morgan fingerprint density at radius 3 is 1.95 bits per heavy atom. The number of aromatic nitrogens is 2. The lowest BCUT2D eigenvalue weighted by atomic mass is 10.3. The molecule has 0 amide bonds. The molecule has 2 aliphatic rings. The molecule has 0 bridgehead atoms. The minimum Gasteiger partial charge on any atom is -0.378 e. The van der Waals surface area contributed by atoms with Gasteiger partial charge in [0.15, 0.2) is 5.16 Å². The Morgan fingerprint density at radius 2 is 1.50 bits per heavy atom. The van der Waals surface area contributed by atoms with Crippen LogP contribution in [-0.2, 0) is 9.47 Å². The van der Waals surface area contributed by atoms with Crippen molar-refractivity contribution in [3.8, 4) is 0 Å². The zero-order valence-electron chi connectivity index (χ0n) is 12.7. The van der Waals surface area contributed by atoms with Crippen LogP contribution in [0.5, 0.6) is 0 Å². The third-order valence-corrected chi connectivity index (χ3v) is 4.52. The molecule has 2 aliphatic heterocycles. The smallest absolute Gasteiger partial charge is 0.191 e. The molecule has 2 saturated heterocycles. The van der Waals surface area contributed by atoms with Crippen molar-refractivity contribution in [3.63, 3.8) is 0 Å². The van der Waals surface area contributed by atoms with Gasteiger partial charge in [0.05, 0.1) is 26.4 Å². The highest BCUT2D eigenvalue weighted by atomic mass is 32.2. The Hall–Kier alpha value is -1.31. The van der Waals surface area contributed by atoms with Gasteiger partial charge in [-0.25, -0.2) is 9.97 Å².